The first-order valence-electron chi connectivity index (χ1n) is 10.7. The molecule has 7 nitrogen and oxygen atoms in total. The highest BCUT2D eigenvalue weighted by molar-refractivity contribution is 8.23. The molecule has 0 atom stereocenters. The first-order chi connectivity index (χ1) is 16.4. The first kappa shape index (κ1) is 22.0. The lowest BCUT2D eigenvalue weighted by Gasteiger charge is -2.34. The van der Waals surface area contributed by atoms with Crippen LogP contribution in [0.1, 0.15) is 16.8 Å². The molecule has 4 N–H and O–H groups in total. The Morgan fingerprint density at radius 1 is 0.882 bits per heavy atom. The Bertz CT molecular complexity index is 1470. The van der Waals surface area contributed by atoms with Gasteiger partial charge in [0.05, 0.1) is 12.2 Å². The quantitative estimate of drug-likeness (QED) is 0.314. The third-order valence-corrected chi connectivity index (χ3v) is 7.22. The average molecular weight is 474 g/mol. The molecule has 1 aromatic heterocycles. The van der Waals surface area contributed by atoms with Crippen LogP contribution in [0.3, 0.4) is 0 Å². The molecule has 1 aliphatic rings. The molecule has 3 aromatic carbocycles. The van der Waals surface area contributed by atoms with E-state index in [1.807, 2.05) is 60.7 Å². The molecule has 172 valence electrons. The number of benzene rings is 3. The Balaban J connectivity index is 1.77. The van der Waals surface area contributed by atoms with Gasteiger partial charge in [0.15, 0.2) is 5.84 Å². The van der Waals surface area contributed by atoms with Crippen LogP contribution in [-0.4, -0.2) is 24.6 Å². The van der Waals surface area contributed by atoms with E-state index in [1.165, 1.54) is 0 Å². The molecule has 0 radical (unpaired) electrons. The van der Waals surface area contributed by atoms with Crippen molar-refractivity contribution in [2.45, 2.75) is 18.4 Å². The number of aromatic hydroxyl groups is 1. The van der Waals surface area contributed by atoms with Crippen LogP contribution in [-0.2, 0) is 6.54 Å². The van der Waals surface area contributed by atoms with E-state index in [1.54, 1.807) is 35.8 Å². The third-order valence-electron chi connectivity index (χ3n) is 5.84. The van der Waals surface area contributed by atoms with Gasteiger partial charge >= 0.3 is 0 Å². The topological polar surface area (TPSA) is 107 Å². The summed E-state index contributed by atoms with van der Waals surface area (Å²) in [7, 11) is -3.57. The second-order valence-corrected chi connectivity index (χ2v) is 9.67. The molecule has 4 aromatic rings. The van der Waals surface area contributed by atoms with E-state index >= 15 is 0 Å². The predicted molar refractivity (Wildman–Crippen MR) is 136 cm³/mol. The summed E-state index contributed by atoms with van der Waals surface area (Å²) in [5, 5.41) is 14.4. The van der Waals surface area contributed by atoms with Crippen molar-refractivity contribution in [3.63, 3.8) is 0 Å². The van der Waals surface area contributed by atoms with Crippen molar-refractivity contribution in [2.75, 3.05) is 5.32 Å². The number of rotatable bonds is 4. The lowest BCUT2D eigenvalue weighted by atomic mass is 9.99. The summed E-state index contributed by atoms with van der Waals surface area (Å²) >= 11 is 0. The largest absolute Gasteiger partial charge is 0.506 e. The molecule has 0 saturated heterocycles. The van der Waals surface area contributed by atoms with Crippen molar-refractivity contribution < 1.29 is 14.2 Å². The highest BCUT2D eigenvalue weighted by Crippen LogP contribution is 2.55. The number of fused-ring (bicyclic) bond motifs is 1. The van der Waals surface area contributed by atoms with Gasteiger partial charge in [0, 0.05) is 11.3 Å². The monoisotopic (exact) mass is 473 g/mol. The van der Waals surface area contributed by atoms with Gasteiger partial charge in [-0.25, -0.2) is 0 Å². The van der Waals surface area contributed by atoms with Gasteiger partial charge in [-0.15, -0.1) is 4.40 Å². The fourth-order valence-corrected chi connectivity index (χ4v) is 5.35. The van der Waals surface area contributed by atoms with Crippen LogP contribution in [0.15, 0.2) is 99.0 Å². The zero-order valence-electron chi connectivity index (χ0n) is 18.3. The number of amidine groups is 1. The Morgan fingerprint density at radius 2 is 1.50 bits per heavy atom. The normalized spacial score (nSPS) is 15.1. The molecule has 0 bridgehead atoms. The van der Waals surface area contributed by atoms with Gasteiger partial charge in [0.2, 0.25) is 0 Å². The molecule has 8 heteroatoms. The molecule has 0 saturated carbocycles. The summed E-state index contributed by atoms with van der Waals surface area (Å²) in [5.41, 5.74) is 2.52. The van der Waals surface area contributed by atoms with Crippen molar-refractivity contribution in [1.82, 2.24) is 4.57 Å². The molecule has 34 heavy (non-hydrogen) atoms. The second-order valence-electron chi connectivity index (χ2n) is 8.01. The molecule has 0 aliphatic carbocycles. The highest BCUT2D eigenvalue weighted by atomic mass is 32.3. The Kier molecular flexibility index (Phi) is 5.49. The van der Waals surface area contributed by atoms with Gasteiger partial charge in [0.25, 0.3) is 5.56 Å². The molecule has 0 fully saturated rings. The van der Waals surface area contributed by atoms with Crippen LogP contribution >= 0.6 is 10.8 Å². The van der Waals surface area contributed by atoms with Crippen molar-refractivity contribution in [3.8, 4) is 16.9 Å². The highest BCUT2D eigenvalue weighted by Gasteiger charge is 2.31. The van der Waals surface area contributed by atoms with Gasteiger partial charge in [-0.05, 0) is 30.2 Å². The van der Waals surface area contributed by atoms with Gasteiger partial charge < -0.3 is 15.0 Å². The first-order valence-corrected chi connectivity index (χ1v) is 12.2. The van der Waals surface area contributed by atoms with Crippen molar-refractivity contribution in [2.24, 2.45) is 4.40 Å². The zero-order valence-corrected chi connectivity index (χ0v) is 19.2. The van der Waals surface area contributed by atoms with Crippen LogP contribution in [0, 0.1) is 6.92 Å². The third kappa shape index (κ3) is 3.77. The summed E-state index contributed by atoms with van der Waals surface area (Å²) in [5.74, 6) is -0.348. The van der Waals surface area contributed by atoms with Crippen molar-refractivity contribution in [3.05, 3.63) is 112 Å². The number of aromatic nitrogens is 1. The number of pyridine rings is 1. The number of hydrogen-bond donors (Lipinski definition) is 4. The average Bonchev–Trinajstić information content (AvgIpc) is 2.83. The molecule has 0 amide bonds. The Hall–Kier alpha value is -3.85. The summed E-state index contributed by atoms with van der Waals surface area (Å²) < 4.78 is 27.1. The van der Waals surface area contributed by atoms with Crippen LogP contribution in [0.5, 0.6) is 5.75 Å². The fraction of sp³-hybridized carbons (Fsp3) is 0.0769. The van der Waals surface area contributed by atoms with Gasteiger partial charge in [-0.1, -0.05) is 83.6 Å². The van der Waals surface area contributed by atoms with Crippen LogP contribution < -0.4 is 10.9 Å². The van der Waals surface area contributed by atoms with Crippen LogP contribution in [0.2, 0.25) is 0 Å². The number of anilines is 1. The van der Waals surface area contributed by atoms with E-state index < -0.39 is 16.3 Å². The Labute approximate surface area is 198 Å². The van der Waals surface area contributed by atoms with E-state index in [2.05, 4.69) is 9.71 Å². The maximum atomic E-state index is 13.7. The lowest BCUT2D eigenvalue weighted by molar-refractivity contribution is 0.471. The van der Waals surface area contributed by atoms with E-state index in [9.17, 15) is 19.0 Å². The van der Waals surface area contributed by atoms with Crippen molar-refractivity contribution in [1.29, 1.82) is 0 Å². The van der Waals surface area contributed by atoms with Crippen molar-refractivity contribution >= 4 is 22.3 Å². The molecular formula is C26H23N3O4S. The van der Waals surface area contributed by atoms with E-state index in [-0.39, 0.29) is 28.6 Å². The minimum atomic E-state index is -3.57. The second kappa shape index (κ2) is 8.49. The number of hydrogen-bond acceptors (Lipinski definition) is 6. The number of nitrogens with zero attached hydrogens (tertiary/aromatic N) is 2. The SMILES string of the molecule is Cc1c(-c2ccccc2)c(O)c(C2=NS(O)(O)c3ccccc3N2)c(=O)n1Cc1ccccc1. The smallest absolute Gasteiger partial charge is 0.265 e. The molecule has 0 spiro atoms. The Morgan fingerprint density at radius 3 is 2.21 bits per heavy atom. The standard InChI is InChI=1S/C26H23N3O4S/c1-17-22(19-12-6-3-7-13-19)24(30)23(26(31)29(17)16-18-10-4-2-5-11-18)25-27-20-14-8-9-15-21(20)34(32,33)28-25/h2-15,30,32-33H,16H2,1H3,(H,27,28). The molecule has 0 unspecified atom stereocenters. The van der Waals surface area contributed by atoms with Gasteiger partial charge in [-0.2, -0.15) is 0 Å². The summed E-state index contributed by atoms with van der Waals surface area (Å²) in [6.07, 6.45) is 0. The summed E-state index contributed by atoms with van der Waals surface area (Å²) in [6, 6.07) is 25.5. The fourth-order valence-electron chi connectivity index (χ4n) is 4.18. The van der Waals surface area contributed by atoms with E-state index in [4.69, 9.17) is 0 Å². The van der Waals surface area contributed by atoms with Gasteiger partial charge in [-0.3, -0.25) is 13.9 Å². The van der Waals surface area contributed by atoms with Gasteiger partial charge in [0.1, 0.15) is 16.2 Å². The minimum absolute atomic E-state index is 0.0832. The molecule has 5 rings (SSSR count). The van der Waals surface area contributed by atoms with E-state index in [0.717, 1.165) is 11.1 Å². The molecule has 2 heterocycles. The lowest BCUT2D eigenvalue weighted by Crippen LogP contribution is -2.33. The summed E-state index contributed by atoms with van der Waals surface area (Å²) in [4.78, 5) is 14.0. The zero-order chi connectivity index (χ0) is 23.9. The number of para-hydroxylation sites is 1. The maximum Gasteiger partial charge on any atom is 0.265 e. The molecule has 1 aliphatic heterocycles. The molecular weight excluding hydrogens is 450 g/mol. The van der Waals surface area contributed by atoms with E-state index in [0.29, 0.717) is 16.9 Å². The van der Waals surface area contributed by atoms with Crippen LogP contribution in [0.25, 0.3) is 11.1 Å². The predicted octanol–water partition coefficient (Wildman–Crippen LogP) is 5.47. The number of nitrogens with one attached hydrogen (secondary N) is 1. The minimum Gasteiger partial charge on any atom is -0.506 e. The summed E-state index contributed by atoms with van der Waals surface area (Å²) in [6.45, 7) is 2.06. The van der Waals surface area contributed by atoms with Crippen LogP contribution in [0.4, 0.5) is 5.69 Å². The maximum absolute atomic E-state index is 13.7.